The third-order valence-corrected chi connectivity index (χ3v) is 8.02. The van der Waals surface area contributed by atoms with Gasteiger partial charge >= 0.3 is 5.69 Å². The summed E-state index contributed by atoms with van der Waals surface area (Å²) in [5, 5.41) is 11.0. The molecule has 9 nitrogen and oxygen atoms in total. The Morgan fingerprint density at radius 3 is 2.51 bits per heavy atom. The van der Waals surface area contributed by atoms with Gasteiger partial charge in [-0.1, -0.05) is 32.0 Å². The van der Waals surface area contributed by atoms with Crippen LogP contribution in [0.2, 0.25) is 5.02 Å². The molecular weight excluding hydrogens is 578 g/mol. The molecule has 0 spiro atoms. The number of benzene rings is 1. The van der Waals surface area contributed by atoms with Crippen molar-refractivity contribution in [3.05, 3.63) is 81.5 Å². The van der Waals surface area contributed by atoms with Crippen molar-refractivity contribution in [2.75, 3.05) is 18.0 Å². The second-order valence-electron chi connectivity index (χ2n) is 11.1. The first-order valence-electron chi connectivity index (χ1n) is 13.8. The fraction of sp³-hybridized carbons (Fsp3) is 0.323. The van der Waals surface area contributed by atoms with Crippen LogP contribution >= 0.6 is 11.6 Å². The molecule has 12 heteroatoms. The fourth-order valence-corrected chi connectivity index (χ4v) is 5.82. The number of hydrogen-bond acceptors (Lipinski definition) is 7. The number of piperazine rings is 1. The number of rotatable bonds is 5. The highest BCUT2D eigenvalue weighted by atomic mass is 35.5. The Labute approximate surface area is 252 Å². The van der Waals surface area contributed by atoms with E-state index in [1.54, 1.807) is 23.2 Å². The van der Waals surface area contributed by atoms with Crippen LogP contribution in [0.4, 0.5) is 14.6 Å². The number of amides is 1. The zero-order chi connectivity index (χ0) is 31.3. The second kappa shape index (κ2) is 11.4. The van der Waals surface area contributed by atoms with Gasteiger partial charge in [-0.3, -0.25) is 9.78 Å². The summed E-state index contributed by atoms with van der Waals surface area (Å²) in [6.45, 7) is 13.9. The number of pyridine rings is 2. The number of phenolic OH excluding ortho intramolecular Hbond substituents is 1. The summed E-state index contributed by atoms with van der Waals surface area (Å²) >= 11 is 6.71. The molecule has 1 aliphatic heterocycles. The lowest BCUT2D eigenvalue weighted by molar-refractivity contribution is -0.128. The number of aromatic nitrogens is 4. The van der Waals surface area contributed by atoms with Gasteiger partial charge in [0.05, 0.1) is 27.5 Å². The average Bonchev–Trinajstić information content (AvgIpc) is 2.95. The van der Waals surface area contributed by atoms with Gasteiger partial charge in [0, 0.05) is 43.0 Å². The second-order valence-corrected chi connectivity index (χ2v) is 11.5. The van der Waals surface area contributed by atoms with E-state index in [2.05, 4.69) is 16.5 Å². The van der Waals surface area contributed by atoms with Crippen LogP contribution in [0.5, 0.6) is 5.75 Å². The highest BCUT2D eigenvalue weighted by Gasteiger charge is 2.34. The number of fused-ring (bicyclic) bond motifs is 1. The number of phenols is 1. The molecule has 1 N–H and O–H groups in total. The molecule has 0 bridgehead atoms. The van der Waals surface area contributed by atoms with Crippen LogP contribution in [-0.2, 0) is 4.79 Å². The fourth-order valence-electron chi connectivity index (χ4n) is 5.57. The predicted octanol–water partition coefficient (Wildman–Crippen LogP) is 5.52. The van der Waals surface area contributed by atoms with Gasteiger partial charge < -0.3 is 14.9 Å². The van der Waals surface area contributed by atoms with E-state index in [9.17, 15) is 23.5 Å². The van der Waals surface area contributed by atoms with Crippen LogP contribution in [0.25, 0.3) is 28.0 Å². The van der Waals surface area contributed by atoms with Gasteiger partial charge in [-0.25, -0.2) is 23.1 Å². The lowest BCUT2D eigenvalue weighted by Gasteiger charge is -2.44. The van der Waals surface area contributed by atoms with Crippen molar-refractivity contribution in [2.45, 2.75) is 52.6 Å². The molecule has 2 atom stereocenters. The van der Waals surface area contributed by atoms with Crippen molar-refractivity contribution in [2.24, 2.45) is 0 Å². The molecule has 4 heterocycles. The van der Waals surface area contributed by atoms with Crippen LogP contribution in [-0.4, -0.2) is 60.6 Å². The monoisotopic (exact) mass is 608 g/mol. The number of aryl methyl sites for hydroxylation is 1. The Balaban J connectivity index is 1.84. The molecule has 1 saturated heterocycles. The number of carbonyl (C=O) groups is 1. The van der Waals surface area contributed by atoms with Gasteiger partial charge in [0.25, 0.3) is 0 Å². The largest absolute Gasteiger partial charge is 0.507 e. The topological polar surface area (TPSA) is 104 Å². The molecule has 3 aromatic heterocycles. The third kappa shape index (κ3) is 5.22. The Hall–Kier alpha value is -4.38. The van der Waals surface area contributed by atoms with E-state index in [1.165, 1.54) is 10.6 Å². The van der Waals surface area contributed by atoms with E-state index >= 15 is 0 Å². The van der Waals surface area contributed by atoms with Crippen LogP contribution in [0.3, 0.4) is 0 Å². The lowest BCUT2D eigenvalue weighted by atomic mass is 10.0. The molecule has 0 aliphatic carbocycles. The molecular formula is C31H31ClF2N6O3. The van der Waals surface area contributed by atoms with Crippen molar-refractivity contribution < 1.29 is 18.7 Å². The third-order valence-electron chi connectivity index (χ3n) is 7.74. The van der Waals surface area contributed by atoms with E-state index in [0.717, 1.165) is 11.6 Å². The predicted molar refractivity (Wildman–Crippen MR) is 162 cm³/mol. The van der Waals surface area contributed by atoms with Crippen molar-refractivity contribution in [1.29, 1.82) is 0 Å². The minimum absolute atomic E-state index is 0.0234. The molecule has 2 unspecified atom stereocenters. The molecule has 0 saturated carbocycles. The average molecular weight is 609 g/mol. The summed E-state index contributed by atoms with van der Waals surface area (Å²) in [7, 11) is 0. The molecule has 224 valence electrons. The first kappa shape index (κ1) is 30.1. The smallest absolute Gasteiger partial charge is 0.355 e. The van der Waals surface area contributed by atoms with E-state index < -0.39 is 23.1 Å². The van der Waals surface area contributed by atoms with Crippen LogP contribution < -0.4 is 10.6 Å². The molecule has 4 aromatic rings. The van der Waals surface area contributed by atoms with Crippen LogP contribution in [0.1, 0.15) is 44.9 Å². The summed E-state index contributed by atoms with van der Waals surface area (Å²) in [4.78, 5) is 43.9. The Bertz CT molecular complexity index is 1840. The first-order chi connectivity index (χ1) is 20.3. The quantitative estimate of drug-likeness (QED) is 0.297. The Morgan fingerprint density at radius 1 is 1.14 bits per heavy atom. The van der Waals surface area contributed by atoms with E-state index in [-0.39, 0.29) is 45.8 Å². The van der Waals surface area contributed by atoms with Crippen molar-refractivity contribution in [3.63, 3.8) is 0 Å². The van der Waals surface area contributed by atoms with Crippen molar-refractivity contribution in [1.82, 2.24) is 24.4 Å². The van der Waals surface area contributed by atoms with Gasteiger partial charge in [-0.2, -0.15) is 4.98 Å². The number of halogens is 3. The summed E-state index contributed by atoms with van der Waals surface area (Å²) in [5.74, 6) is -2.95. The summed E-state index contributed by atoms with van der Waals surface area (Å²) in [5.41, 5.74) is 1.17. The number of nitrogens with zero attached hydrogens (tertiary/aromatic N) is 6. The van der Waals surface area contributed by atoms with Crippen LogP contribution in [0, 0.1) is 18.6 Å². The van der Waals surface area contributed by atoms with Gasteiger partial charge in [0.15, 0.2) is 17.3 Å². The van der Waals surface area contributed by atoms with Gasteiger partial charge in [-0.15, -0.1) is 0 Å². The Morgan fingerprint density at radius 2 is 1.84 bits per heavy atom. The van der Waals surface area contributed by atoms with Crippen molar-refractivity contribution in [3.8, 4) is 22.7 Å². The zero-order valence-electron chi connectivity index (χ0n) is 24.4. The van der Waals surface area contributed by atoms with Gasteiger partial charge in [0.2, 0.25) is 5.91 Å². The van der Waals surface area contributed by atoms with Gasteiger partial charge in [0.1, 0.15) is 11.6 Å². The minimum Gasteiger partial charge on any atom is -0.507 e. The van der Waals surface area contributed by atoms with Crippen molar-refractivity contribution >= 4 is 34.4 Å². The maximum atomic E-state index is 14.3. The first-order valence-corrected chi connectivity index (χ1v) is 14.2. The number of aromatic hydroxyl groups is 1. The minimum atomic E-state index is -1.23. The number of carbonyl (C=O) groups excluding carboxylic acids is 1. The highest BCUT2D eigenvalue weighted by molar-refractivity contribution is 6.34. The molecule has 1 fully saturated rings. The SMILES string of the molecule is C=CC(=O)N1CC(C)N(c2nc(=O)n(-c3c(C)ccnc3C(C)C)c3nc(-c4cc(F)c(F)cc4O)c(Cl)cc23)CC1C. The lowest BCUT2D eigenvalue weighted by Crippen LogP contribution is -2.58. The molecule has 1 amide bonds. The van der Waals surface area contributed by atoms with Crippen LogP contribution in [0.15, 0.2) is 47.9 Å². The molecule has 5 rings (SSSR count). The molecule has 43 heavy (non-hydrogen) atoms. The summed E-state index contributed by atoms with van der Waals surface area (Å²) in [6, 6.07) is 4.31. The highest BCUT2D eigenvalue weighted by Crippen LogP contribution is 2.39. The zero-order valence-corrected chi connectivity index (χ0v) is 25.2. The normalized spacial score (nSPS) is 17.1. The molecule has 0 radical (unpaired) electrons. The maximum Gasteiger partial charge on any atom is 0.355 e. The van der Waals surface area contributed by atoms with E-state index in [1.807, 2.05) is 39.5 Å². The Kier molecular flexibility index (Phi) is 7.95. The maximum absolute atomic E-state index is 14.3. The summed E-state index contributed by atoms with van der Waals surface area (Å²) in [6.07, 6.45) is 2.93. The van der Waals surface area contributed by atoms with Gasteiger partial charge in [-0.05, 0) is 56.5 Å². The summed E-state index contributed by atoms with van der Waals surface area (Å²) < 4.78 is 29.5. The van der Waals surface area contributed by atoms with E-state index in [4.69, 9.17) is 16.6 Å². The molecule has 1 aliphatic rings. The molecule has 1 aromatic carbocycles. The number of hydrogen-bond donors (Lipinski definition) is 1. The standard InChI is InChI=1S/C31H31ClF2N6O3/c1-7-25(42)38-13-18(6)39(14-17(38)5)29-20-10-21(32)27(19-11-22(33)23(34)12-24(19)41)36-30(20)40(31(43)37-29)28-16(4)8-9-35-26(28)15(2)3/h7-12,15,17-18,41H,1,13-14H2,2-6H3. The van der Waals surface area contributed by atoms with E-state index in [0.29, 0.717) is 41.7 Å². The number of anilines is 1.